The molecule has 2 N–H and O–H groups in total. The monoisotopic (exact) mass is 391 g/mol. The SMILES string of the molecule is O=C(Nc1cc(-c2cnn(C(=O)O)c2)cc(C(F)(F)F)c1)Oc1ccccc1. The molecule has 0 aliphatic heterocycles. The summed E-state index contributed by atoms with van der Waals surface area (Å²) in [4.78, 5) is 22.9. The molecule has 0 spiro atoms. The summed E-state index contributed by atoms with van der Waals surface area (Å²) in [5, 5.41) is 14.7. The molecule has 1 heterocycles. The minimum atomic E-state index is -4.68. The second-order valence-corrected chi connectivity index (χ2v) is 5.58. The highest BCUT2D eigenvalue weighted by Crippen LogP contribution is 2.35. The van der Waals surface area contributed by atoms with Crippen molar-refractivity contribution in [1.29, 1.82) is 0 Å². The van der Waals surface area contributed by atoms with Gasteiger partial charge in [-0.05, 0) is 35.9 Å². The van der Waals surface area contributed by atoms with Crippen LogP contribution in [-0.2, 0) is 6.18 Å². The molecule has 0 radical (unpaired) electrons. The Morgan fingerprint density at radius 2 is 1.79 bits per heavy atom. The minimum Gasteiger partial charge on any atom is -0.463 e. The average molecular weight is 391 g/mol. The Labute approximate surface area is 156 Å². The van der Waals surface area contributed by atoms with E-state index >= 15 is 0 Å². The predicted molar refractivity (Wildman–Crippen MR) is 92.2 cm³/mol. The first-order valence-corrected chi connectivity index (χ1v) is 7.77. The van der Waals surface area contributed by atoms with Gasteiger partial charge in [-0.25, -0.2) is 9.59 Å². The summed E-state index contributed by atoms with van der Waals surface area (Å²) in [5.74, 6) is 0.218. The van der Waals surface area contributed by atoms with E-state index in [0.29, 0.717) is 4.68 Å². The maximum Gasteiger partial charge on any atom is 0.432 e. The molecule has 7 nitrogen and oxygen atoms in total. The zero-order valence-electron chi connectivity index (χ0n) is 14.0. The lowest BCUT2D eigenvalue weighted by molar-refractivity contribution is -0.137. The number of rotatable bonds is 3. The van der Waals surface area contributed by atoms with Crippen LogP contribution in [0.15, 0.2) is 60.9 Å². The van der Waals surface area contributed by atoms with Crippen molar-refractivity contribution in [3.8, 4) is 16.9 Å². The first-order valence-electron chi connectivity index (χ1n) is 7.77. The zero-order valence-corrected chi connectivity index (χ0v) is 14.0. The van der Waals surface area contributed by atoms with Crippen LogP contribution >= 0.6 is 0 Å². The predicted octanol–water partition coefficient (Wildman–Crippen LogP) is 4.71. The summed E-state index contributed by atoms with van der Waals surface area (Å²) >= 11 is 0. The standard InChI is InChI=1S/C18H12F3N3O4/c19-18(20,21)13-6-11(12-9-22-24(10-12)17(26)27)7-14(8-13)23-16(25)28-15-4-2-1-3-5-15/h1-10H,(H,23,25)(H,26,27). The highest BCUT2D eigenvalue weighted by molar-refractivity contribution is 5.87. The van der Waals surface area contributed by atoms with E-state index in [1.54, 1.807) is 18.2 Å². The molecule has 0 fully saturated rings. The summed E-state index contributed by atoms with van der Waals surface area (Å²) in [6, 6.07) is 10.8. The quantitative estimate of drug-likeness (QED) is 0.675. The molecule has 1 aromatic heterocycles. The van der Waals surface area contributed by atoms with E-state index in [0.717, 1.165) is 24.5 Å². The second-order valence-electron chi connectivity index (χ2n) is 5.58. The van der Waals surface area contributed by atoms with Crippen LogP contribution in [0.2, 0.25) is 0 Å². The third kappa shape index (κ3) is 4.47. The summed E-state index contributed by atoms with van der Waals surface area (Å²) in [5.41, 5.74) is -1.04. The van der Waals surface area contributed by atoms with E-state index in [9.17, 15) is 22.8 Å². The number of benzene rings is 2. The van der Waals surface area contributed by atoms with E-state index in [1.807, 2.05) is 0 Å². The molecule has 0 atom stereocenters. The Morgan fingerprint density at radius 3 is 2.39 bits per heavy atom. The van der Waals surface area contributed by atoms with Crippen LogP contribution in [0.1, 0.15) is 5.56 Å². The van der Waals surface area contributed by atoms with E-state index < -0.39 is 23.9 Å². The van der Waals surface area contributed by atoms with Crippen LogP contribution in [0.4, 0.5) is 28.4 Å². The van der Waals surface area contributed by atoms with Gasteiger partial charge in [-0.15, -0.1) is 0 Å². The van der Waals surface area contributed by atoms with Crippen molar-refractivity contribution in [3.05, 3.63) is 66.5 Å². The van der Waals surface area contributed by atoms with E-state index in [2.05, 4.69) is 10.4 Å². The van der Waals surface area contributed by atoms with Crippen LogP contribution < -0.4 is 10.1 Å². The number of aromatic nitrogens is 2. The molecule has 3 aromatic rings. The highest BCUT2D eigenvalue weighted by Gasteiger charge is 2.31. The molecule has 0 aliphatic carbocycles. The van der Waals surface area contributed by atoms with Gasteiger partial charge in [0.05, 0.1) is 11.8 Å². The number of carbonyl (C=O) groups is 2. The molecule has 1 amide bonds. The first-order chi connectivity index (χ1) is 13.2. The summed E-state index contributed by atoms with van der Waals surface area (Å²) in [6.45, 7) is 0. The number of nitrogens with one attached hydrogen (secondary N) is 1. The number of carboxylic acid groups (broad SMARTS) is 1. The van der Waals surface area contributed by atoms with Gasteiger partial charge in [0.2, 0.25) is 0 Å². The Balaban J connectivity index is 1.91. The number of hydrogen-bond acceptors (Lipinski definition) is 4. The molecule has 0 bridgehead atoms. The van der Waals surface area contributed by atoms with Crippen molar-refractivity contribution in [3.63, 3.8) is 0 Å². The Hall–Kier alpha value is -3.82. The van der Waals surface area contributed by atoms with Crippen molar-refractivity contribution in [2.45, 2.75) is 6.18 Å². The molecule has 0 unspecified atom stereocenters. The lowest BCUT2D eigenvalue weighted by Crippen LogP contribution is -2.17. The lowest BCUT2D eigenvalue weighted by Gasteiger charge is -2.12. The van der Waals surface area contributed by atoms with Crippen LogP contribution in [0.3, 0.4) is 0 Å². The smallest absolute Gasteiger partial charge is 0.432 e. The summed E-state index contributed by atoms with van der Waals surface area (Å²) in [6.07, 6.45) is -4.88. The molecule has 0 saturated carbocycles. The summed E-state index contributed by atoms with van der Waals surface area (Å²) < 4.78 is 45.2. The number of para-hydroxylation sites is 1. The first kappa shape index (κ1) is 19.0. The number of anilines is 1. The van der Waals surface area contributed by atoms with Crippen LogP contribution in [0.25, 0.3) is 11.1 Å². The average Bonchev–Trinajstić information content (AvgIpc) is 3.12. The Morgan fingerprint density at radius 1 is 1.07 bits per heavy atom. The minimum absolute atomic E-state index is 0.0253. The third-order valence-electron chi connectivity index (χ3n) is 3.57. The Bertz CT molecular complexity index is 1020. The number of ether oxygens (including phenoxy) is 1. The van der Waals surface area contributed by atoms with Gasteiger partial charge in [-0.1, -0.05) is 18.2 Å². The topological polar surface area (TPSA) is 93.5 Å². The molecule has 0 aliphatic rings. The van der Waals surface area contributed by atoms with E-state index in [4.69, 9.17) is 9.84 Å². The molecule has 144 valence electrons. The largest absolute Gasteiger partial charge is 0.463 e. The van der Waals surface area contributed by atoms with Crippen LogP contribution in [0.5, 0.6) is 5.75 Å². The van der Waals surface area contributed by atoms with Gasteiger partial charge in [-0.3, -0.25) is 5.32 Å². The number of hydrogen-bond donors (Lipinski definition) is 2. The fraction of sp³-hybridized carbons (Fsp3) is 0.0556. The molecule has 10 heteroatoms. The van der Waals surface area contributed by atoms with Gasteiger partial charge in [0.1, 0.15) is 5.75 Å². The van der Waals surface area contributed by atoms with Crippen molar-refractivity contribution >= 4 is 17.9 Å². The van der Waals surface area contributed by atoms with Gasteiger partial charge >= 0.3 is 18.4 Å². The van der Waals surface area contributed by atoms with Gasteiger partial charge in [0.25, 0.3) is 0 Å². The van der Waals surface area contributed by atoms with Crippen molar-refractivity contribution in [2.75, 3.05) is 5.32 Å². The number of amides is 1. The van der Waals surface area contributed by atoms with Crippen molar-refractivity contribution in [1.82, 2.24) is 9.78 Å². The summed E-state index contributed by atoms with van der Waals surface area (Å²) in [7, 11) is 0. The van der Waals surface area contributed by atoms with Gasteiger partial charge in [-0.2, -0.15) is 23.0 Å². The Kier molecular flexibility index (Phi) is 5.03. The van der Waals surface area contributed by atoms with Crippen LogP contribution in [0, 0.1) is 0 Å². The van der Waals surface area contributed by atoms with E-state index in [1.165, 1.54) is 18.2 Å². The van der Waals surface area contributed by atoms with Gasteiger partial charge < -0.3 is 9.84 Å². The number of carbonyl (C=O) groups excluding carboxylic acids is 1. The van der Waals surface area contributed by atoms with Gasteiger partial charge in [0, 0.05) is 17.4 Å². The van der Waals surface area contributed by atoms with Crippen molar-refractivity contribution < 1.29 is 32.6 Å². The maximum absolute atomic E-state index is 13.2. The normalized spacial score (nSPS) is 11.1. The molecule has 3 rings (SSSR count). The molecular weight excluding hydrogens is 379 g/mol. The molecule has 28 heavy (non-hydrogen) atoms. The fourth-order valence-electron chi connectivity index (χ4n) is 2.35. The number of nitrogens with zero attached hydrogens (tertiary/aromatic N) is 2. The highest BCUT2D eigenvalue weighted by atomic mass is 19.4. The fourth-order valence-corrected chi connectivity index (χ4v) is 2.35. The van der Waals surface area contributed by atoms with E-state index in [-0.39, 0.29) is 22.6 Å². The van der Waals surface area contributed by atoms with Gasteiger partial charge in [0.15, 0.2) is 0 Å². The zero-order chi connectivity index (χ0) is 20.3. The maximum atomic E-state index is 13.2. The second kappa shape index (κ2) is 7.43. The molecular formula is C18H12F3N3O4. The van der Waals surface area contributed by atoms with Crippen LogP contribution in [-0.4, -0.2) is 27.1 Å². The molecule has 0 saturated heterocycles. The lowest BCUT2D eigenvalue weighted by atomic mass is 10.0. The number of alkyl halides is 3. The third-order valence-corrected chi connectivity index (χ3v) is 3.57. The van der Waals surface area contributed by atoms with Crippen molar-refractivity contribution in [2.24, 2.45) is 0 Å². The molecule has 2 aromatic carbocycles. The number of halogens is 3.